The molecule has 1 saturated carbocycles. The Morgan fingerprint density at radius 2 is 2.12 bits per heavy atom. The molecule has 0 aromatic rings. The molecule has 0 saturated heterocycles. The molecule has 0 unspecified atom stereocenters. The van der Waals surface area contributed by atoms with Crippen molar-refractivity contribution in [1.82, 2.24) is 5.32 Å². The molecule has 0 heterocycles. The number of rotatable bonds is 4. The maximum Gasteiger partial charge on any atom is 0.407 e. The quantitative estimate of drug-likeness (QED) is 0.465. The van der Waals surface area contributed by atoms with E-state index in [9.17, 15) is 4.79 Å². The lowest BCUT2D eigenvalue weighted by atomic mass is 9.74. The minimum absolute atomic E-state index is 0.382. The normalized spacial score (nSPS) is 23.2. The van der Waals surface area contributed by atoms with E-state index in [-0.39, 0.29) is 6.09 Å². The number of amides is 1. The predicted octanol–water partition coefficient (Wildman–Crippen LogP) is 2.85. The van der Waals surface area contributed by atoms with Crippen molar-refractivity contribution in [3.8, 4) is 0 Å². The molecular weight excluding hydrogens is 220 g/mol. The third-order valence-corrected chi connectivity index (χ3v) is 2.86. The number of nitrogens with one attached hydrogen (secondary N) is 1. The number of hydrogen-bond acceptors (Lipinski definition) is 3. The lowest BCUT2D eigenvalue weighted by Gasteiger charge is -2.35. The topological polar surface area (TPSA) is 87.1 Å². The highest BCUT2D eigenvalue weighted by molar-refractivity contribution is 5.67. The first-order chi connectivity index (χ1) is 7.92. The van der Waals surface area contributed by atoms with Crippen molar-refractivity contribution in [1.29, 1.82) is 0 Å². The molecule has 6 nitrogen and oxygen atoms in total. The summed E-state index contributed by atoms with van der Waals surface area (Å²) in [5.41, 5.74) is 7.77. The molecule has 17 heavy (non-hydrogen) atoms. The summed E-state index contributed by atoms with van der Waals surface area (Å²) in [6.07, 6.45) is 1.76. The minimum Gasteiger partial charge on any atom is -0.444 e. The van der Waals surface area contributed by atoms with Crippen LogP contribution in [0, 0.1) is 11.8 Å². The molecule has 0 aliphatic heterocycles. The van der Waals surface area contributed by atoms with Crippen LogP contribution in [-0.2, 0) is 4.74 Å². The van der Waals surface area contributed by atoms with Crippen LogP contribution in [0.3, 0.4) is 0 Å². The van der Waals surface area contributed by atoms with Gasteiger partial charge in [-0.2, -0.15) is 0 Å². The SMILES string of the molecule is CC(C)(C)OC(=O)NC[C@@H]1CC[C@@H]1CN=[N+]=[N-]. The zero-order chi connectivity index (χ0) is 12.9. The molecule has 6 heteroatoms. The van der Waals surface area contributed by atoms with Crippen molar-refractivity contribution in [3.05, 3.63) is 10.4 Å². The number of hydrogen-bond donors (Lipinski definition) is 1. The fourth-order valence-corrected chi connectivity index (χ4v) is 1.82. The van der Waals surface area contributed by atoms with Gasteiger partial charge in [0, 0.05) is 18.0 Å². The van der Waals surface area contributed by atoms with Crippen LogP contribution in [0.4, 0.5) is 4.79 Å². The van der Waals surface area contributed by atoms with Crippen LogP contribution in [0.5, 0.6) is 0 Å². The predicted molar refractivity (Wildman–Crippen MR) is 64.5 cm³/mol. The van der Waals surface area contributed by atoms with Gasteiger partial charge < -0.3 is 10.1 Å². The van der Waals surface area contributed by atoms with Crippen molar-refractivity contribution < 1.29 is 9.53 Å². The first kappa shape index (κ1) is 13.6. The zero-order valence-electron chi connectivity index (χ0n) is 10.6. The van der Waals surface area contributed by atoms with Crippen molar-refractivity contribution in [3.63, 3.8) is 0 Å². The molecule has 0 bridgehead atoms. The summed E-state index contributed by atoms with van der Waals surface area (Å²) < 4.78 is 5.14. The Morgan fingerprint density at radius 3 is 2.59 bits per heavy atom. The summed E-state index contributed by atoms with van der Waals surface area (Å²) in [5.74, 6) is 0.814. The van der Waals surface area contributed by atoms with Gasteiger partial charge in [0.15, 0.2) is 0 Å². The summed E-state index contributed by atoms with van der Waals surface area (Å²) in [6.45, 7) is 6.62. The molecule has 1 aliphatic rings. The van der Waals surface area contributed by atoms with Gasteiger partial charge in [0.25, 0.3) is 0 Å². The summed E-state index contributed by atoms with van der Waals surface area (Å²) in [7, 11) is 0. The Kier molecular flexibility index (Phi) is 4.63. The van der Waals surface area contributed by atoms with Crippen molar-refractivity contribution in [2.24, 2.45) is 17.0 Å². The Labute approximate surface area is 101 Å². The van der Waals surface area contributed by atoms with Gasteiger partial charge in [-0.1, -0.05) is 5.11 Å². The van der Waals surface area contributed by atoms with Crippen molar-refractivity contribution >= 4 is 6.09 Å². The summed E-state index contributed by atoms with van der Waals surface area (Å²) in [4.78, 5) is 14.2. The third kappa shape index (κ3) is 4.95. The lowest BCUT2D eigenvalue weighted by Crippen LogP contribution is -2.41. The summed E-state index contributed by atoms with van der Waals surface area (Å²) in [6, 6.07) is 0. The molecule has 1 fully saturated rings. The van der Waals surface area contributed by atoms with Crippen LogP contribution in [0.25, 0.3) is 10.4 Å². The Balaban J connectivity index is 2.22. The van der Waals surface area contributed by atoms with E-state index in [1.54, 1.807) is 0 Å². The monoisotopic (exact) mass is 240 g/mol. The molecule has 0 aromatic heterocycles. The second-order valence-electron chi connectivity index (χ2n) is 5.39. The molecule has 2 atom stereocenters. The van der Waals surface area contributed by atoms with E-state index in [2.05, 4.69) is 15.3 Å². The second kappa shape index (κ2) is 5.77. The second-order valence-corrected chi connectivity index (χ2v) is 5.39. The Bertz CT molecular complexity index is 318. The molecular formula is C11H20N4O2. The first-order valence-corrected chi connectivity index (χ1v) is 5.90. The van der Waals surface area contributed by atoms with Crippen molar-refractivity contribution in [2.75, 3.05) is 13.1 Å². The largest absolute Gasteiger partial charge is 0.444 e. The summed E-state index contributed by atoms with van der Waals surface area (Å²) in [5, 5.41) is 6.32. The van der Waals surface area contributed by atoms with Crippen LogP contribution in [0.2, 0.25) is 0 Å². The highest BCUT2D eigenvalue weighted by Gasteiger charge is 2.30. The van der Waals surface area contributed by atoms with Gasteiger partial charge in [0.2, 0.25) is 0 Å². The molecule has 0 spiro atoms. The number of carbonyl (C=O) groups excluding carboxylic acids is 1. The first-order valence-electron chi connectivity index (χ1n) is 5.90. The highest BCUT2D eigenvalue weighted by Crippen LogP contribution is 2.33. The molecule has 1 aliphatic carbocycles. The molecule has 0 aromatic carbocycles. The van der Waals surface area contributed by atoms with Crippen LogP contribution in [0.1, 0.15) is 33.6 Å². The number of nitrogens with zero attached hydrogens (tertiary/aromatic N) is 3. The standard InChI is InChI=1S/C11H20N4O2/c1-11(2,3)17-10(16)13-6-8-4-5-9(8)7-14-15-12/h8-9H,4-7H2,1-3H3,(H,13,16)/t8-,9+/m0/s1. The van der Waals surface area contributed by atoms with E-state index < -0.39 is 5.60 Å². The highest BCUT2D eigenvalue weighted by atomic mass is 16.6. The van der Waals surface area contributed by atoms with E-state index >= 15 is 0 Å². The minimum atomic E-state index is -0.464. The maximum absolute atomic E-state index is 11.4. The lowest BCUT2D eigenvalue weighted by molar-refractivity contribution is 0.0493. The zero-order valence-corrected chi connectivity index (χ0v) is 10.6. The Hall–Kier alpha value is -1.42. The van der Waals surface area contributed by atoms with Gasteiger partial charge in [0.1, 0.15) is 5.60 Å². The Morgan fingerprint density at radius 1 is 1.47 bits per heavy atom. The average molecular weight is 240 g/mol. The number of ether oxygens (including phenoxy) is 1. The van der Waals surface area contributed by atoms with E-state index in [4.69, 9.17) is 10.3 Å². The number of azide groups is 1. The summed E-state index contributed by atoms with van der Waals surface area (Å²) >= 11 is 0. The van der Waals surface area contributed by atoms with Gasteiger partial charge >= 0.3 is 6.09 Å². The van der Waals surface area contributed by atoms with E-state index in [1.807, 2.05) is 20.8 Å². The molecule has 1 amide bonds. The van der Waals surface area contributed by atoms with E-state index in [0.29, 0.717) is 24.9 Å². The van der Waals surface area contributed by atoms with E-state index in [0.717, 1.165) is 12.8 Å². The van der Waals surface area contributed by atoms with Gasteiger partial charge in [-0.25, -0.2) is 4.79 Å². The molecule has 0 radical (unpaired) electrons. The number of alkyl carbamates (subject to hydrolysis) is 1. The number of carbonyl (C=O) groups is 1. The fraction of sp³-hybridized carbons (Fsp3) is 0.909. The van der Waals surface area contributed by atoms with Gasteiger partial charge in [-0.05, 0) is 51.0 Å². The van der Waals surface area contributed by atoms with Crippen LogP contribution in [-0.4, -0.2) is 24.8 Å². The average Bonchev–Trinajstić information content (AvgIpc) is 2.14. The molecule has 1 rings (SSSR count). The molecule has 96 valence electrons. The van der Waals surface area contributed by atoms with Gasteiger partial charge in [-0.15, -0.1) is 0 Å². The smallest absolute Gasteiger partial charge is 0.407 e. The van der Waals surface area contributed by atoms with Crippen molar-refractivity contribution in [2.45, 2.75) is 39.2 Å². The maximum atomic E-state index is 11.4. The fourth-order valence-electron chi connectivity index (χ4n) is 1.82. The van der Waals surface area contributed by atoms with Gasteiger partial charge in [-0.3, -0.25) is 0 Å². The third-order valence-electron chi connectivity index (χ3n) is 2.86. The van der Waals surface area contributed by atoms with Gasteiger partial charge in [0.05, 0.1) is 0 Å². The van der Waals surface area contributed by atoms with Crippen LogP contribution in [0.15, 0.2) is 5.11 Å². The van der Waals surface area contributed by atoms with E-state index in [1.165, 1.54) is 0 Å². The molecule has 1 N–H and O–H groups in total. The van der Waals surface area contributed by atoms with Crippen LogP contribution >= 0.6 is 0 Å². The van der Waals surface area contributed by atoms with Crippen LogP contribution < -0.4 is 5.32 Å².